The maximum atomic E-state index is 15.6. The SMILES string of the molecule is Cc1ccc(-c2[c-]cc(CCc3cc(CCc4c[c-]c(-c5cc(C)ccn5)cc4)cc(-c4ccccc4-c4c[c-]c(-c5cc(-c6ccc(-c7ccccc7)cc6F)ccn5)cc4)c3)cc2)nc1.[Ir+3]. The number of aromatic nitrogens is 3. The van der Waals surface area contributed by atoms with E-state index in [1.165, 1.54) is 33.4 Å². The second kappa shape index (κ2) is 21.0. The number of halogens is 1. The topological polar surface area (TPSA) is 38.7 Å². The largest absolute Gasteiger partial charge is 3.00 e. The second-order valence-corrected chi connectivity index (χ2v) is 17.2. The van der Waals surface area contributed by atoms with Gasteiger partial charge in [-0.25, -0.2) is 4.39 Å². The molecule has 0 atom stereocenters. The van der Waals surface area contributed by atoms with Crippen LogP contribution in [0, 0.1) is 37.9 Å². The number of benzene rings is 7. The van der Waals surface area contributed by atoms with Crippen LogP contribution in [0.5, 0.6) is 0 Å². The number of hydrogen-bond acceptors (Lipinski definition) is 3. The van der Waals surface area contributed by atoms with Crippen molar-refractivity contribution in [1.82, 2.24) is 15.0 Å². The van der Waals surface area contributed by atoms with Crippen LogP contribution in [-0.4, -0.2) is 15.0 Å². The minimum Gasteiger partial charge on any atom is -0.305 e. The molecule has 0 amide bonds. The molecule has 0 radical (unpaired) electrons. The van der Waals surface area contributed by atoms with Crippen molar-refractivity contribution >= 4 is 0 Å². The molecule has 3 nitrogen and oxygen atoms in total. The molecule has 7 aromatic carbocycles. The minimum atomic E-state index is -0.269. The Morgan fingerprint density at radius 1 is 0.382 bits per heavy atom. The standard InChI is InChI=1S/C63H47FN3.Ir/c1-43-32-34-65-62(36-43)52-23-19-46(20-24-52)14-16-48-37-47(15-13-45-17-21-51(22-18-45)61-31-12-44(2)42-67-61)38-56(39-48)58-11-7-6-10-57(58)50-25-27-53(28-26-50)63-41-55(33-35-66-63)59-30-29-54(40-60(59)64)49-8-4-3-5-9-49;/h3-12,17-21,23,25-27,29-42H,13-16H2,1-2H3;/q-3;+3. The van der Waals surface area contributed by atoms with Gasteiger partial charge in [-0.05, 0) is 106 Å². The number of pyridine rings is 3. The first-order chi connectivity index (χ1) is 32.9. The van der Waals surface area contributed by atoms with Crippen molar-refractivity contribution < 1.29 is 24.5 Å². The molecule has 10 rings (SSSR count). The Bertz CT molecular complexity index is 3290. The molecule has 0 unspecified atom stereocenters. The molecule has 68 heavy (non-hydrogen) atoms. The molecule has 0 aliphatic carbocycles. The fourth-order valence-corrected chi connectivity index (χ4v) is 8.68. The fourth-order valence-electron chi connectivity index (χ4n) is 8.68. The molecule has 0 aliphatic rings. The Kier molecular flexibility index (Phi) is 14.1. The molecule has 5 heteroatoms. The Balaban J connectivity index is 0.00000578. The van der Waals surface area contributed by atoms with Crippen LogP contribution in [0.2, 0.25) is 0 Å². The van der Waals surface area contributed by atoms with Crippen LogP contribution >= 0.6 is 0 Å². The first-order valence-electron chi connectivity index (χ1n) is 22.8. The maximum absolute atomic E-state index is 15.6. The van der Waals surface area contributed by atoms with Crippen LogP contribution < -0.4 is 0 Å². The van der Waals surface area contributed by atoms with Gasteiger partial charge in [0.05, 0.1) is 0 Å². The van der Waals surface area contributed by atoms with Crippen molar-refractivity contribution in [3.05, 3.63) is 258 Å². The third-order valence-electron chi connectivity index (χ3n) is 12.4. The maximum Gasteiger partial charge on any atom is 3.00 e. The van der Waals surface area contributed by atoms with Gasteiger partial charge in [0.2, 0.25) is 0 Å². The Hall–Kier alpha value is -7.43. The summed E-state index contributed by atoms with van der Waals surface area (Å²) in [5.74, 6) is -0.269. The summed E-state index contributed by atoms with van der Waals surface area (Å²) in [4.78, 5) is 13.8. The van der Waals surface area contributed by atoms with Crippen LogP contribution in [0.4, 0.5) is 4.39 Å². The normalized spacial score (nSPS) is 11.0. The number of rotatable bonds is 13. The fraction of sp³-hybridized carbons (Fsp3) is 0.0952. The van der Waals surface area contributed by atoms with Crippen LogP contribution in [0.3, 0.4) is 0 Å². The zero-order valence-corrected chi connectivity index (χ0v) is 40.3. The van der Waals surface area contributed by atoms with Gasteiger partial charge in [-0.2, -0.15) is 0 Å². The molecule has 0 bridgehead atoms. The molecule has 330 valence electrons. The number of aryl methyl sites for hydroxylation is 6. The van der Waals surface area contributed by atoms with Crippen molar-refractivity contribution in [1.29, 1.82) is 0 Å². The molecular formula is C63H47FIrN3. The molecule has 0 fully saturated rings. The van der Waals surface area contributed by atoms with Crippen molar-refractivity contribution in [3.63, 3.8) is 0 Å². The molecule has 0 saturated heterocycles. The monoisotopic (exact) mass is 1060 g/mol. The predicted molar refractivity (Wildman–Crippen MR) is 272 cm³/mol. The van der Waals surface area contributed by atoms with Crippen LogP contribution in [-0.2, 0) is 45.8 Å². The van der Waals surface area contributed by atoms with Crippen molar-refractivity contribution in [2.24, 2.45) is 0 Å². The average Bonchev–Trinajstić information content (AvgIpc) is 3.38. The summed E-state index contributed by atoms with van der Waals surface area (Å²) in [5, 5.41) is 0. The van der Waals surface area contributed by atoms with Gasteiger partial charge in [0, 0.05) is 24.2 Å². The quantitative estimate of drug-likeness (QED) is 0.108. The van der Waals surface area contributed by atoms with Crippen molar-refractivity contribution in [3.8, 4) is 78.3 Å². The Morgan fingerprint density at radius 3 is 1.57 bits per heavy atom. The van der Waals surface area contributed by atoms with Gasteiger partial charge in [0.1, 0.15) is 5.82 Å². The second-order valence-electron chi connectivity index (χ2n) is 17.2. The van der Waals surface area contributed by atoms with E-state index in [0.29, 0.717) is 5.56 Å². The molecule has 3 aromatic heterocycles. The Morgan fingerprint density at radius 2 is 0.971 bits per heavy atom. The van der Waals surface area contributed by atoms with E-state index in [2.05, 4.69) is 156 Å². The van der Waals surface area contributed by atoms with Crippen LogP contribution in [0.1, 0.15) is 33.4 Å². The van der Waals surface area contributed by atoms with E-state index in [1.807, 2.05) is 79.1 Å². The van der Waals surface area contributed by atoms with E-state index in [9.17, 15) is 0 Å². The summed E-state index contributed by atoms with van der Waals surface area (Å²) >= 11 is 0. The summed E-state index contributed by atoms with van der Waals surface area (Å²) < 4.78 is 15.6. The number of hydrogen-bond donors (Lipinski definition) is 0. The third-order valence-corrected chi connectivity index (χ3v) is 12.4. The van der Waals surface area contributed by atoms with E-state index >= 15 is 4.39 Å². The third kappa shape index (κ3) is 10.7. The van der Waals surface area contributed by atoms with Crippen LogP contribution in [0.15, 0.2) is 201 Å². The number of nitrogens with zero attached hydrogens (tertiary/aromatic N) is 3. The minimum absolute atomic E-state index is 0. The average molecular weight is 1060 g/mol. The van der Waals surface area contributed by atoms with Gasteiger partial charge >= 0.3 is 20.1 Å². The van der Waals surface area contributed by atoms with Gasteiger partial charge in [-0.1, -0.05) is 139 Å². The smallest absolute Gasteiger partial charge is 0.305 e. The summed E-state index contributed by atoms with van der Waals surface area (Å²) in [7, 11) is 0. The summed E-state index contributed by atoms with van der Waals surface area (Å²) in [6, 6.07) is 72.7. The zero-order valence-electron chi connectivity index (χ0n) is 37.9. The van der Waals surface area contributed by atoms with Gasteiger partial charge in [0.25, 0.3) is 0 Å². The Labute approximate surface area is 412 Å². The zero-order chi connectivity index (χ0) is 45.5. The van der Waals surface area contributed by atoms with E-state index in [4.69, 9.17) is 0 Å². The van der Waals surface area contributed by atoms with Gasteiger partial charge < -0.3 is 15.0 Å². The molecule has 0 N–H and O–H groups in total. The summed E-state index contributed by atoms with van der Waals surface area (Å²) in [5.41, 5.74) is 20.5. The molecule has 10 aromatic rings. The van der Waals surface area contributed by atoms with Crippen molar-refractivity contribution in [2.45, 2.75) is 39.5 Å². The van der Waals surface area contributed by atoms with Crippen molar-refractivity contribution in [2.75, 3.05) is 0 Å². The van der Waals surface area contributed by atoms with Gasteiger partial charge in [-0.3, -0.25) is 0 Å². The first kappa shape index (κ1) is 45.7. The van der Waals surface area contributed by atoms with E-state index in [1.54, 1.807) is 12.3 Å². The predicted octanol–water partition coefficient (Wildman–Crippen LogP) is 15.3. The first-order valence-corrected chi connectivity index (χ1v) is 22.8. The van der Waals surface area contributed by atoms with Gasteiger partial charge in [0.15, 0.2) is 0 Å². The molecule has 0 saturated carbocycles. The summed E-state index contributed by atoms with van der Waals surface area (Å²) in [6.45, 7) is 4.14. The summed E-state index contributed by atoms with van der Waals surface area (Å²) in [6.07, 6.45) is 9.06. The van der Waals surface area contributed by atoms with Gasteiger partial charge in [-0.15, -0.1) is 101 Å². The van der Waals surface area contributed by atoms with E-state index in [0.717, 1.165) is 98.4 Å². The molecular weight excluding hydrogens is 1010 g/mol. The molecule has 0 spiro atoms. The molecule has 0 aliphatic heterocycles. The van der Waals surface area contributed by atoms with Crippen LogP contribution in [0.25, 0.3) is 78.3 Å². The van der Waals surface area contributed by atoms with E-state index in [-0.39, 0.29) is 25.9 Å². The molecule has 3 heterocycles. The van der Waals surface area contributed by atoms with E-state index < -0.39 is 0 Å².